The molecule has 1 atom stereocenters. The topological polar surface area (TPSA) is 26.0 Å². The number of hydrogen-bond donors (Lipinski definition) is 1. The maximum atomic E-state index is 13.5. The molecule has 2 aromatic carbocycles. The zero-order chi connectivity index (χ0) is 16.4. The summed E-state index contributed by atoms with van der Waals surface area (Å²) in [6.45, 7) is 6.81. The van der Waals surface area contributed by atoms with Crippen molar-refractivity contribution in [1.82, 2.24) is 0 Å². The molecule has 0 aliphatic carbocycles. The second kappa shape index (κ2) is 10.1. The summed E-state index contributed by atoms with van der Waals surface area (Å²) in [5.41, 5.74) is 9.25. The van der Waals surface area contributed by atoms with Crippen LogP contribution >= 0.6 is 0 Å². The van der Waals surface area contributed by atoms with Crippen LogP contribution in [-0.2, 0) is 6.42 Å². The third-order valence-electron chi connectivity index (χ3n) is 3.71. The molecular formula is C20H28FN. The molecule has 0 aromatic heterocycles. The van der Waals surface area contributed by atoms with Gasteiger partial charge in [-0.25, -0.2) is 4.39 Å². The first-order valence-electron chi connectivity index (χ1n) is 8.29. The van der Waals surface area contributed by atoms with Crippen molar-refractivity contribution >= 4 is 0 Å². The van der Waals surface area contributed by atoms with Crippen LogP contribution in [0, 0.1) is 5.82 Å². The summed E-state index contributed by atoms with van der Waals surface area (Å²) in [5.74, 6) is 0.0487. The lowest BCUT2D eigenvalue weighted by molar-refractivity contribution is 0.616. The minimum Gasteiger partial charge on any atom is -0.330 e. The Morgan fingerprint density at radius 2 is 1.64 bits per heavy atom. The number of aryl methyl sites for hydroxylation is 1. The van der Waals surface area contributed by atoms with Gasteiger partial charge in [-0.2, -0.15) is 0 Å². The monoisotopic (exact) mass is 301 g/mol. The van der Waals surface area contributed by atoms with E-state index in [0.29, 0.717) is 6.54 Å². The van der Waals surface area contributed by atoms with E-state index in [-0.39, 0.29) is 11.7 Å². The molecule has 2 heteroatoms. The van der Waals surface area contributed by atoms with E-state index in [1.54, 1.807) is 12.1 Å². The Bertz CT molecular complexity index is 551. The maximum absolute atomic E-state index is 13.5. The van der Waals surface area contributed by atoms with Gasteiger partial charge in [-0.15, -0.1) is 0 Å². The summed E-state index contributed by atoms with van der Waals surface area (Å²) in [5, 5.41) is 0. The van der Waals surface area contributed by atoms with Gasteiger partial charge in [0.05, 0.1) is 0 Å². The molecule has 2 rings (SSSR count). The van der Waals surface area contributed by atoms with Crippen molar-refractivity contribution in [3.63, 3.8) is 0 Å². The van der Waals surface area contributed by atoms with Gasteiger partial charge in [-0.1, -0.05) is 57.2 Å². The molecule has 1 unspecified atom stereocenters. The van der Waals surface area contributed by atoms with Gasteiger partial charge in [0.1, 0.15) is 5.82 Å². The van der Waals surface area contributed by atoms with Gasteiger partial charge in [0.25, 0.3) is 0 Å². The van der Waals surface area contributed by atoms with Crippen molar-refractivity contribution in [2.24, 2.45) is 5.73 Å². The standard InChI is InChI=1S/C18H22FN.C2H6/c1-2-14-6-3-7-15(12-14)18(10-5-11-20)16-8-4-9-17(19)13-16;1-2/h3-4,6-9,12-13,18H,2,5,10-11,20H2,1H3;1-2H3. The van der Waals surface area contributed by atoms with Crippen molar-refractivity contribution in [3.05, 3.63) is 71.0 Å². The van der Waals surface area contributed by atoms with E-state index < -0.39 is 0 Å². The zero-order valence-electron chi connectivity index (χ0n) is 14.0. The second-order valence-corrected chi connectivity index (χ2v) is 5.14. The van der Waals surface area contributed by atoms with Crippen LogP contribution in [0.5, 0.6) is 0 Å². The highest BCUT2D eigenvalue weighted by molar-refractivity contribution is 5.35. The Morgan fingerprint density at radius 1 is 1.00 bits per heavy atom. The van der Waals surface area contributed by atoms with Crippen molar-refractivity contribution < 1.29 is 4.39 Å². The summed E-state index contributed by atoms with van der Waals surface area (Å²) < 4.78 is 13.5. The molecule has 0 radical (unpaired) electrons. The second-order valence-electron chi connectivity index (χ2n) is 5.14. The molecule has 0 spiro atoms. The van der Waals surface area contributed by atoms with Crippen molar-refractivity contribution in [2.75, 3.05) is 6.54 Å². The minimum atomic E-state index is -0.174. The third-order valence-corrected chi connectivity index (χ3v) is 3.71. The summed E-state index contributed by atoms with van der Waals surface area (Å²) in [6.07, 6.45) is 2.91. The van der Waals surface area contributed by atoms with E-state index in [0.717, 1.165) is 24.8 Å². The zero-order valence-corrected chi connectivity index (χ0v) is 14.0. The van der Waals surface area contributed by atoms with Crippen LogP contribution in [0.3, 0.4) is 0 Å². The summed E-state index contributed by atoms with van der Waals surface area (Å²) in [6, 6.07) is 15.5. The molecule has 0 bridgehead atoms. The highest BCUT2D eigenvalue weighted by atomic mass is 19.1. The van der Waals surface area contributed by atoms with Crippen molar-refractivity contribution in [2.45, 2.75) is 46.0 Å². The summed E-state index contributed by atoms with van der Waals surface area (Å²) >= 11 is 0. The number of hydrogen-bond acceptors (Lipinski definition) is 1. The molecule has 120 valence electrons. The van der Waals surface area contributed by atoms with E-state index >= 15 is 0 Å². The molecule has 0 saturated heterocycles. The van der Waals surface area contributed by atoms with Crippen LogP contribution in [0.1, 0.15) is 56.2 Å². The quantitative estimate of drug-likeness (QED) is 0.771. The smallest absolute Gasteiger partial charge is 0.123 e. The fraction of sp³-hybridized carbons (Fsp3) is 0.400. The molecule has 0 aliphatic rings. The minimum absolute atomic E-state index is 0.174. The lowest BCUT2D eigenvalue weighted by Gasteiger charge is -2.18. The lowest BCUT2D eigenvalue weighted by atomic mass is 9.86. The average molecular weight is 301 g/mol. The summed E-state index contributed by atoms with van der Waals surface area (Å²) in [7, 11) is 0. The molecule has 0 fully saturated rings. The van der Waals surface area contributed by atoms with Gasteiger partial charge in [-0.05, 0) is 54.6 Å². The molecular weight excluding hydrogens is 273 g/mol. The van der Waals surface area contributed by atoms with Crippen LogP contribution in [0.2, 0.25) is 0 Å². The molecule has 0 heterocycles. The van der Waals surface area contributed by atoms with Gasteiger partial charge in [0, 0.05) is 5.92 Å². The highest BCUT2D eigenvalue weighted by Crippen LogP contribution is 2.30. The predicted molar refractivity (Wildman–Crippen MR) is 93.7 cm³/mol. The fourth-order valence-corrected chi connectivity index (χ4v) is 2.60. The largest absolute Gasteiger partial charge is 0.330 e. The molecule has 0 aliphatic heterocycles. The first kappa shape index (κ1) is 18.4. The van der Waals surface area contributed by atoms with E-state index in [1.165, 1.54) is 17.2 Å². The van der Waals surface area contributed by atoms with Crippen LogP contribution in [-0.4, -0.2) is 6.54 Å². The van der Waals surface area contributed by atoms with Gasteiger partial charge < -0.3 is 5.73 Å². The predicted octanol–water partition coefficient (Wildman–Crippen LogP) is 5.29. The molecule has 2 aromatic rings. The van der Waals surface area contributed by atoms with Gasteiger partial charge in [0.15, 0.2) is 0 Å². The molecule has 22 heavy (non-hydrogen) atoms. The van der Waals surface area contributed by atoms with Crippen molar-refractivity contribution in [1.29, 1.82) is 0 Å². The first-order chi connectivity index (χ1) is 10.7. The SMILES string of the molecule is CC.CCc1cccc(C(CCCN)c2cccc(F)c2)c1. The van der Waals surface area contributed by atoms with E-state index in [2.05, 4.69) is 31.2 Å². The van der Waals surface area contributed by atoms with Crippen LogP contribution in [0.25, 0.3) is 0 Å². The van der Waals surface area contributed by atoms with Crippen molar-refractivity contribution in [3.8, 4) is 0 Å². The Labute approximate surface area is 134 Å². The number of halogens is 1. The van der Waals surface area contributed by atoms with Gasteiger partial charge in [-0.3, -0.25) is 0 Å². The van der Waals surface area contributed by atoms with Gasteiger partial charge in [0.2, 0.25) is 0 Å². The fourth-order valence-electron chi connectivity index (χ4n) is 2.60. The Hall–Kier alpha value is -1.67. The molecule has 2 N–H and O–H groups in total. The Balaban J connectivity index is 0.00000116. The number of nitrogens with two attached hydrogens (primary N) is 1. The van der Waals surface area contributed by atoms with E-state index in [9.17, 15) is 4.39 Å². The highest BCUT2D eigenvalue weighted by Gasteiger charge is 2.14. The van der Waals surface area contributed by atoms with Crippen LogP contribution in [0.15, 0.2) is 48.5 Å². The van der Waals surface area contributed by atoms with Gasteiger partial charge >= 0.3 is 0 Å². The molecule has 1 nitrogen and oxygen atoms in total. The first-order valence-corrected chi connectivity index (χ1v) is 8.29. The summed E-state index contributed by atoms with van der Waals surface area (Å²) in [4.78, 5) is 0. The normalized spacial score (nSPS) is 11.5. The Morgan fingerprint density at radius 3 is 2.23 bits per heavy atom. The maximum Gasteiger partial charge on any atom is 0.123 e. The number of benzene rings is 2. The molecule has 0 saturated carbocycles. The van der Waals surface area contributed by atoms with E-state index in [1.807, 2.05) is 19.9 Å². The number of rotatable bonds is 6. The van der Waals surface area contributed by atoms with Crippen LogP contribution in [0.4, 0.5) is 4.39 Å². The third kappa shape index (κ3) is 5.27. The van der Waals surface area contributed by atoms with Crippen LogP contribution < -0.4 is 5.73 Å². The lowest BCUT2D eigenvalue weighted by Crippen LogP contribution is -2.06. The molecule has 0 amide bonds. The Kier molecular flexibility index (Phi) is 8.46. The average Bonchev–Trinajstić information content (AvgIpc) is 2.57. The van der Waals surface area contributed by atoms with E-state index in [4.69, 9.17) is 5.73 Å².